The Balaban J connectivity index is 1.38. The lowest BCUT2D eigenvalue weighted by Crippen LogP contribution is -2.42. The number of aromatic amines is 1. The summed E-state index contributed by atoms with van der Waals surface area (Å²) in [6.45, 7) is 7.04. The molecule has 37 heavy (non-hydrogen) atoms. The fourth-order valence-electron chi connectivity index (χ4n) is 5.14. The molecule has 194 valence electrons. The highest BCUT2D eigenvalue weighted by atomic mass is 32.2. The first kappa shape index (κ1) is 25.6. The third-order valence-corrected chi connectivity index (χ3v) is 8.77. The molecule has 3 aromatic rings. The van der Waals surface area contributed by atoms with Crippen LogP contribution in [-0.2, 0) is 15.3 Å². The Morgan fingerprint density at radius 1 is 1.24 bits per heavy atom. The summed E-state index contributed by atoms with van der Waals surface area (Å²) in [5.41, 5.74) is 5.64. The molecule has 9 heteroatoms. The van der Waals surface area contributed by atoms with Gasteiger partial charge in [0, 0.05) is 46.3 Å². The van der Waals surface area contributed by atoms with Gasteiger partial charge in [-0.15, -0.1) is 11.3 Å². The highest BCUT2D eigenvalue weighted by molar-refractivity contribution is 7.98. The summed E-state index contributed by atoms with van der Waals surface area (Å²) in [5, 5.41) is 8.72. The number of hydrogen-bond donors (Lipinski definition) is 3. The second-order valence-electron chi connectivity index (χ2n) is 10.4. The number of fused-ring (bicyclic) bond motifs is 1. The molecule has 0 radical (unpaired) electrons. The number of ketones is 1. The third kappa shape index (κ3) is 5.62. The number of thioether (sulfide) groups is 1. The zero-order valence-electron chi connectivity index (χ0n) is 21.5. The maximum absolute atomic E-state index is 13.6. The fourth-order valence-corrected chi connectivity index (χ4v) is 6.87. The van der Waals surface area contributed by atoms with E-state index in [1.54, 1.807) is 29.4 Å². The second kappa shape index (κ2) is 10.8. The number of imidazole rings is 1. The van der Waals surface area contributed by atoms with Gasteiger partial charge in [0.15, 0.2) is 5.78 Å². The number of anilines is 2. The van der Waals surface area contributed by atoms with Crippen LogP contribution in [0.3, 0.4) is 0 Å². The summed E-state index contributed by atoms with van der Waals surface area (Å²) in [7, 11) is 0. The molecule has 0 saturated heterocycles. The minimum absolute atomic E-state index is 0.0550. The third-order valence-electron chi connectivity index (χ3n) is 6.87. The molecular formula is C28H33N5O2S2. The number of thiophene rings is 1. The summed E-state index contributed by atoms with van der Waals surface area (Å²) in [4.78, 5) is 37.5. The van der Waals surface area contributed by atoms with Gasteiger partial charge in [0.05, 0.1) is 36.0 Å². The van der Waals surface area contributed by atoms with Gasteiger partial charge in [0.25, 0.3) is 0 Å². The Bertz CT molecular complexity index is 1310. The Hall–Kier alpha value is -3.04. The van der Waals surface area contributed by atoms with Gasteiger partial charge in [-0.3, -0.25) is 9.59 Å². The van der Waals surface area contributed by atoms with E-state index in [1.807, 2.05) is 42.6 Å². The van der Waals surface area contributed by atoms with Crippen molar-refractivity contribution in [3.8, 4) is 0 Å². The van der Waals surface area contributed by atoms with Crippen LogP contribution < -0.4 is 15.5 Å². The van der Waals surface area contributed by atoms with Gasteiger partial charge in [0.2, 0.25) is 5.91 Å². The first-order valence-corrected chi connectivity index (χ1v) is 14.6. The van der Waals surface area contributed by atoms with E-state index < -0.39 is 0 Å². The average Bonchev–Trinajstić information content (AvgIpc) is 3.49. The molecular weight excluding hydrogens is 502 g/mol. The smallest absolute Gasteiger partial charge is 0.239 e. The number of allylic oxidation sites excluding steroid dienone is 1. The number of carbonyl (C=O) groups is 2. The molecule has 0 spiro atoms. The number of aryl methyl sites for hydroxylation is 1. The van der Waals surface area contributed by atoms with Crippen LogP contribution >= 0.6 is 23.1 Å². The van der Waals surface area contributed by atoms with Crippen LogP contribution in [0.1, 0.15) is 49.0 Å². The van der Waals surface area contributed by atoms with E-state index in [9.17, 15) is 9.59 Å². The van der Waals surface area contributed by atoms with E-state index in [1.165, 1.54) is 0 Å². The van der Waals surface area contributed by atoms with Gasteiger partial charge >= 0.3 is 0 Å². The Morgan fingerprint density at radius 2 is 2.08 bits per heavy atom. The van der Waals surface area contributed by atoms with Gasteiger partial charge in [-0.25, -0.2) is 4.98 Å². The van der Waals surface area contributed by atoms with Crippen molar-refractivity contribution in [2.75, 3.05) is 29.1 Å². The minimum atomic E-state index is -0.308. The molecule has 2 aromatic heterocycles. The van der Waals surface area contributed by atoms with Crippen molar-refractivity contribution in [3.63, 3.8) is 0 Å². The number of aromatic nitrogens is 2. The number of carbonyl (C=O) groups excluding carboxylic acids is 2. The normalized spacial score (nSPS) is 18.6. The number of nitrogens with zero attached hydrogens (tertiary/aromatic N) is 2. The zero-order chi connectivity index (χ0) is 26.0. The highest BCUT2D eigenvalue weighted by Gasteiger charge is 2.42. The standard InChI is InChI=1S/C28H33N5O2S2/c1-18-21(31-17-30-18)16-36-12-10-29-25(35)15-33-22-8-5-4-7-19(22)32-20-13-28(2,3)14-23(34)26(20)27(33)24-9-6-11-37-24/h4-9,11,17,27,32H,10,12-16H2,1-3H3,(H,29,35)(H,30,31). The summed E-state index contributed by atoms with van der Waals surface area (Å²) in [5.74, 6) is 1.71. The number of H-pyrrole nitrogens is 1. The summed E-state index contributed by atoms with van der Waals surface area (Å²) >= 11 is 3.37. The lowest BCUT2D eigenvalue weighted by Gasteiger charge is -2.37. The molecule has 1 amide bonds. The van der Waals surface area contributed by atoms with Gasteiger partial charge in [-0.1, -0.05) is 32.0 Å². The van der Waals surface area contributed by atoms with Crippen LogP contribution in [0.4, 0.5) is 11.4 Å². The van der Waals surface area contributed by atoms with E-state index in [4.69, 9.17) is 0 Å². The Labute approximate surface area is 226 Å². The number of nitrogens with one attached hydrogen (secondary N) is 3. The molecule has 0 saturated carbocycles. The molecule has 0 fully saturated rings. The van der Waals surface area contributed by atoms with Crippen LogP contribution in [0.2, 0.25) is 0 Å². The Morgan fingerprint density at radius 3 is 2.84 bits per heavy atom. The Kier molecular flexibility index (Phi) is 7.44. The van der Waals surface area contributed by atoms with Gasteiger partial charge in [-0.2, -0.15) is 11.8 Å². The number of hydrogen-bond acceptors (Lipinski definition) is 7. The van der Waals surface area contributed by atoms with E-state index in [0.717, 1.165) is 56.8 Å². The van der Waals surface area contributed by atoms with Crippen molar-refractivity contribution in [1.29, 1.82) is 0 Å². The molecule has 7 nitrogen and oxygen atoms in total. The number of para-hydroxylation sites is 2. The zero-order valence-corrected chi connectivity index (χ0v) is 23.1. The van der Waals surface area contributed by atoms with Gasteiger partial charge < -0.3 is 20.5 Å². The molecule has 5 rings (SSSR count). The molecule has 1 aliphatic carbocycles. The maximum atomic E-state index is 13.6. The molecule has 1 unspecified atom stereocenters. The van der Waals surface area contributed by atoms with E-state index in [-0.39, 0.29) is 29.7 Å². The number of rotatable bonds is 8. The van der Waals surface area contributed by atoms with Crippen molar-refractivity contribution < 1.29 is 9.59 Å². The van der Waals surface area contributed by atoms with E-state index >= 15 is 0 Å². The molecule has 1 aromatic carbocycles. The topological polar surface area (TPSA) is 90.1 Å². The summed E-state index contributed by atoms with van der Waals surface area (Å²) in [6, 6.07) is 11.8. The molecule has 3 N–H and O–H groups in total. The van der Waals surface area contributed by atoms with Crippen LogP contribution in [0.15, 0.2) is 59.4 Å². The average molecular weight is 536 g/mol. The number of amides is 1. The lowest BCUT2D eigenvalue weighted by atomic mass is 9.74. The first-order chi connectivity index (χ1) is 17.8. The highest BCUT2D eigenvalue weighted by Crippen LogP contribution is 2.48. The van der Waals surface area contributed by atoms with E-state index in [2.05, 4.69) is 45.4 Å². The van der Waals surface area contributed by atoms with Crippen LogP contribution in [0.5, 0.6) is 0 Å². The monoisotopic (exact) mass is 535 g/mol. The summed E-state index contributed by atoms with van der Waals surface area (Å²) in [6.07, 6.45) is 3.00. The maximum Gasteiger partial charge on any atom is 0.239 e. The number of benzene rings is 1. The van der Waals surface area contributed by atoms with Crippen molar-refractivity contribution >= 4 is 46.2 Å². The van der Waals surface area contributed by atoms with E-state index in [0.29, 0.717) is 13.0 Å². The van der Waals surface area contributed by atoms with Crippen LogP contribution in [0, 0.1) is 12.3 Å². The second-order valence-corrected chi connectivity index (χ2v) is 12.5. The molecule has 1 atom stereocenters. The van der Waals surface area contributed by atoms with Crippen molar-refractivity contribution in [3.05, 3.63) is 75.6 Å². The molecule has 3 heterocycles. The van der Waals surface area contributed by atoms with Crippen molar-refractivity contribution in [2.24, 2.45) is 5.41 Å². The molecule has 0 bridgehead atoms. The quantitative estimate of drug-likeness (QED) is 0.333. The minimum Gasteiger partial charge on any atom is -0.357 e. The van der Waals surface area contributed by atoms with Gasteiger partial charge in [-0.05, 0) is 42.3 Å². The predicted molar refractivity (Wildman–Crippen MR) is 152 cm³/mol. The summed E-state index contributed by atoms with van der Waals surface area (Å²) < 4.78 is 0. The van der Waals surface area contributed by atoms with Gasteiger partial charge in [0.1, 0.15) is 0 Å². The SMILES string of the molecule is Cc1[nH]cnc1CSCCNC(=O)CN1c2ccccc2NC2=C(C(=O)CC(C)(C)C2)C1c1cccs1. The number of Topliss-reactive ketones (excluding diaryl/α,β-unsaturated/α-hetero) is 1. The molecule has 2 aliphatic rings. The van der Waals surface area contributed by atoms with Crippen LogP contribution in [-0.4, -0.2) is 40.5 Å². The van der Waals surface area contributed by atoms with Crippen LogP contribution in [0.25, 0.3) is 0 Å². The predicted octanol–water partition coefficient (Wildman–Crippen LogP) is 5.45. The fraction of sp³-hybridized carbons (Fsp3) is 0.393. The van der Waals surface area contributed by atoms with Crippen molar-refractivity contribution in [1.82, 2.24) is 15.3 Å². The molecule has 1 aliphatic heterocycles. The first-order valence-electron chi connectivity index (χ1n) is 12.6. The lowest BCUT2D eigenvalue weighted by molar-refractivity contribution is -0.120. The van der Waals surface area contributed by atoms with Crippen molar-refractivity contribution in [2.45, 2.75) is 45.4 Å². The largest absolute Gasteiger partial charge is 0.357 e.